The van der Waals surface area contributed by atoms with Gasteiger partial charge in [0.2, 0.25) is 5.91 Å². The average molecular weight is 545 g/mol. The van der Waals surface area contributed by atoms with Gasteiger partial charge in [-0.25, -0.2) is 9.18 Å². The van der Waals surface area contributed by atoms with Gasteiger partial charge in [-0.3, -0.25) is 4.79 Å². The van der Waals surface area contributed by atoms with Crippen molar-refractivity contribution in [1.82, 2.24) is 0 Å². The number of carbonyl (C=O) groups is 2. The number of carbonyl (C=O) groups excluding carboxylic acids is 1. The largest absolute Gasteiger partial charge is 0.478 e. The lowest BCUT2D eigenvalue weighted by atomic mass is 9.78. The zero-order chi connectivity index (χ0) is 26.3. The van der Waals surface area contributed by atoms with Crippen molar-refractivity contribution in [2.75, 3.05) is 11.4 Å². The highest BCUT2D eigenvalue weighted by atomic mass is 35.5. The average Bonchev–Trinajstić information content (AvgIpc) is 2.81. The fraction of sp³-hybridized carbons (Fsp3) is 0.310. The summed E-state index contributed by atoms with van der Waals surface area (Å²) >= 11 is 6.25. The van der Waals surface area contributed by atoms with E-state index in [4.69, 9.17) is 17.3 Å². The first-order valence-corrected chi connectivity index (χ1v) is 12.3. The normalized spacial score (nSPS) is 14.8. The van der Waals surface area contributed by atoms with Crippen molar-refractivity contribution in [2.45, 2.75) is 51.0 Å². The summed E-state index contributed by atoms with van der Waals surface area (Å²) in [5.74, 6) is -2.23. The van der Waals surface area contributed by atoms with E-state index in [1.807, 2.05) is 24.3 Å². The summed E-state index contributed by atoms with van der Waals surface area (Å²) in [5.41, 5.74) is 8.35. The molecule has 0 aromatic heterocycles. The molecule has 37 heavy (non-hydrogen) atoms. The molecule has 1 amide bonds. The van der Waals surface area contributed by atoms with E-state index in [0.29, 0.717) is 35.7 Å². The van der Waals surface area contributed by atoms with E-state index >= 15 is 0 Å². The number of hydrogen-bond donors (Lipinski definition) is 2. The van der Waals surface area contributed by atoms with Gasteiger partial charge in [0.25, 0.3) is 0 Å². The molecule has 8 heteroatoms. The van der Waals surface area contributed by atoms with Crippen molar-refractivity contribution in [3.63, 3.8) is 0 Å². The minimum Gasteiger partial charge on any atom is -0.478 e. The monoisotopic (exact) mass is 544 g/mol. The number of carboxylic acids is 1. The number of amides is 1. The predicted molar refractivity (Wildman–Crippen MR) is 147 cm³/mol. The van der Waals surface area contributed by atoms with Crippen molar-refractivity contribution < 1.29 is 19.1 Å². The topological polar surface area (TPSA) is 83.6 Å². The Bertz CT molecular complexity index is 1300. The zero-order valence-corrected chi connectivity index (χ0v) is 22.6. The van der Waals surface area contributed by atoms with Crippen LogP contribution < -0.4 is 10.6 Å². The number of carboxylic acid groups (broad SMARTS) is 1. The van der Waals surface area contributed by atoms with Gasteiger partial charge in [0.1, 0.15) is 11.4 Å². The summed E-state index contributed by atoms with van der Waals surface area (Å²) in [4.78, 5) is 27.6. The molecule has 0 spiro atoms. The van der Waals surface area contributed by atoms with Crippen LogP contribution in [-0.2, 0) is 28.6 Å². The maximum Gasteiger partial charge on any atom is 0.337 e. The highest BCUT2D eigenvalue weighted by Gasteiger charge is 2.47. The van der Waals surface area contributed by atoms with E-state index < -0.39 is 23.2 Å². The highest BCUT2D eigenvalue weighted by molar-refractivity contribution is 6.31. The molecule has 1 aliphatic heterocycles. The van der Waals surface area contributed by atoms with E-state index in [0.717, 1.165) is 16.7 Å². The molecule has 0 radical (unpaired) electrons. The molecule has 0 saturated carbocycles. The van der Waals surface area contributed by atoms with Crippen molar-refractivity contribution >= 4 is 41.6 Å². The quantitative estimate of drug-likeness (QED) is 0.382. The van der Waals surface area contributed by atoms with Crippen LogP contribution in [0.15, 0.2) is 60.7 Å². The van der Waals surface area contributed by atoms with Gasteiger partial charge in [0, 0.05) is 18.0 Å². The fourth-order valence-corrected chi connectivity index (χ4v) is 5.35. The summed E-state index contributed by atoms with van der Waals surface area (Å²) in [7, 11) is 0. The molecule has 0 bridgehead atoms. The molecule has 1 unspecified atom stereocenters. The second kappa shape index (κ2) is 10.7. The predicted octanol–water partition coefficient (Wildman–Crippen LogP) is 6.27. The summed E-state index contributed by atoms with van der Waals surface area (Å²) in [6.45, 7) is 6.77. The smallest absolute Gasteiger partial charge is 0.337 e. The van der Waals surface area contributed by atoms with Crippen molar-refractivity contribution in [1.29, 1.82) is 0 Å². The molecule has 3 N–H and O–H groups in total. The van der Waals surface area contributed by atoms with Crippen LogP contribution >= 0.6 is 24.0 Å². The molecule has 1 heterocycles. The van der Waals surface area contributed by atoms with Crippen LogP contribution in [0.5, 0.6) is 0 Å². The lowest BCUT2D eigenvalue weighted by molar-refractivity contribution is -0.123. The van der Waals surface area contributed by atoms with Crippen LogP contribution in [0, 0.1) is 5.82 Å². The van der Waals surface area contributed by atoms with Gasteiger partial charge in [0.15, 0.2) is 0 Å². The minimum atomic E-state index is -1.45. The van der Waals surface area contributed by atoms with Gasteiger partial charge < -0.3 is 15.7 Å². The van der Waals surface area contributed by atoms with Crippen LogP contribution in [0.25, 0.3) is 0 Å². The van der Waals surface area contributed by atoms with E-state index in [1.54, 1.807) is 23.1 Å². The summed E-state index contributed by atoms with van der Waals surface area (Å²) < 4.78 is 13.9. The molecule has 1 atom stereocenters. The summed E-state index contributed by atoms with van der Waals surface area (Å²) in [5, 5.41) is 10.4. The maximum atomic E-state index is 13.9. The van der Waals surface area contributed by atoms with Gasteiger partial charge in [-0.15, -0.1) is 12.4 Å². The van der Waals surface area contributed by atoms with Gasteiger partial charge >= 0.3 is 5.97 Å². The Morgan fingerprint density at radius 3 is 2.16 bits per heavy atom. The lowest BCUT2D eigenvalue weighted by Crippen LogP contribution is -2.58. The van der Waals surface area contributed by atoms with E-state index in [1.165, 1.54) is 18.2 Å². The Labute approximate surface area is 227 Å². The third-order valence-electron chi connectivity index (χ3n) is 6.95. The minimum absolute atomic E-state index is 0. The van der Waals surface area contributed by atoms with Crippen molar-refractivity contribution in [2.24, 2.45) is 5.73 Å². The lowest BCUT2D eigenvalue weighted by Gasteiger charge is -2.47. The third-order valence-corrected chi connectivity index (χ3v) is 7.17. The van der Waals surface area contributed by atoms with Crippen LogP contribution in [0.1, 0.15) is 59.8 Å². The number of nitrogens with zero attached hydrogens (tertiary/aromatic N) is 1. The molecule has 0 fully saturated rings. The molecule has 5 nitrogen and oxygen atoms in total. The Morgan fingerprint density at radius 1 is 1.03 bits per heavy atom. The molecular weight excluding hydrogens is 514 g/mol. The Hall–Kier alpha value is -3.09. The number of aryl methyl sites for hydroxylation is 1. The number of rotatable bonds is 6. The van der Waals surface area contributed by atoms with Crippen LogP contribution in [0.3, 0.4) is 0 Å². The third kappa shape index (κ3) is 5.46. The zero-order valence-electron chi connectivity index (χ0n) is 21.1. The number of aromatic carboxylic acids is 1. The maximum absolute atomic E-state index is 13.9. The highest BCUT2D eigenvalue weighted by Crippen LogP contribution is 2.43. The van der Waals surface area contributed by atoms with Crippen LogP contribution in [0.4, 0.5) is 10.1 Å². The number of anilines is 1. The fourth-order valence-electron chi connectivity index (χ4n) is 5.11. The van der Waals surface area contributed by atoms with E-state index in [-0.39, 0.29) is 29.8 Å². The molecular formula is C29H31Cl2FN2O3. The number of benzene rings is 3. The van der Waals surface area contributed by atoms with Crippen molar-refractivity contribution in [3.05, 3.63) is 99.3 Å². The molecule has 4 rings (SSSR count). The van der Waals surface area contributed by atoms with Crippen LogP contribution in [0.2, 0.25) is 5.02 Å². The Kier molecular flexibility index (Phi) is 8.25. The number of nitrogens with two attached hydrogens (primary N) is 1. The molecule has 1 aliphatic rings. The standard InChI is InChI=1S/C29H30ClFN2O3.ClH/c1-28(2,3)20-8-6-18(7-9-20)17-29(27(32)36,21-10-12-23(31)13-11-21)33-14-4-5-19-15-22(30)16-24(25(19)33)26(34)35;/h6-13,15-16H,4-5,14,17H2,1-3H3,(H2,32,36)(H,34,35);1H. The first-order valence-electron chi connectivity index (χ1n) is 11.9. The van der Waals surface area contributed by atoms with Gasteiger partial charge in [0.05, 0.1) is 11.3 Å². The number of fused-ring (bicyclic) bond motifs is 1. The number of halogens is 3. The SMILES string of the molecule is CC(C)(C)c1ccc(CC(C(N)=O)(c2ccc(F)cc2)N2CCCc3cc(Cl)cc(C(=O)O)c32)cc1.Cl. The Morgan fingerprint density at radius 2 is 1.62 bits per heavy atom. The Balaban J connectivity index is 0.00000380. The summed E-state index contributed by atoms with van der Waals surface area (Å²) in [6.07, 6.45) is 1.47. The van der Waals surface area contributed by atoms with Crippen LogP contribution in [-0.4, -0.2) is 23.5 Å². The van der Waals surface area contributed by atoms with Crippen molar-refractivity contribution in [3.8, 4) is 0 Å². The molecule has 3 aromatic rings. The first kappa shape index (κ1) is 28.5. The molecule has 196 valence electrons. The van der Waals surface area contributed by atoms with E-state index in [2.05, 4.69) is 20.8 Å². The van der Waals surface area contributed by atoms with Gasteiger partial charge in [-0.2, -0.15) is 0 Å². The first-order chi connectivity index (χ1) is 16.9. The number of primary amides is 1. The van der Waals surface area contributed by atoms with E-state index in [9.17, 15) is 19.1 Å². The number of hydrogen-bond acceptors (Lipinski definition) is 3. The van der Waals surface area contributed by atoms with Gasteiger partial charge in [-0.1, -0.05) is 68.8 Å². The van der Waals surface area contributed by atoms with Gasteiger partial charge in [-0.05, 0) is 64.8 Å². The summed E-state index contributed by atoms with van der Waals surface area (Å²) in [6, 6.07) is 16.8. The molecule has 3 aromatic carbocycles. The molecule has 0 saturated heterocycles. The second-order valence-corrected chi connectivity index (χ2v) is 10.8. The molecule has 0 aliphatic carbocycles. The second-order valence-electron chi connectivity index (χ2n) is 10.4.